The highest BCUT2D eigenvalue weighted by Crippen LogP contribution is 2.26. The minimum atomic E-state index is -0.606. The third-order valence-electron chi connectivity index (χ3n) is 4.25. The van der Waals surface area contributed by atoms with Crippen LogP contribution in [0.5, 0.6) is 0 Å². The number of piperidine rings is 1. The van der Waals surface area contributed by atoms with Crippen LogP contribution in [0.3, 0.4) is 0 Å². The van der Waals surface area contributed by atoms with Gasteiger partial charge < -0.3 is 20.6 Å². The summed E-state index contributed by atoms with van der Waals surface area (Å²) in [6.07, 6.45) is 1.92. The summed E-state index contributed by atoms with van der Waals surface area (Å²) in [5.74, 6) is 1.32. The maximum absolute atomic E-state index is 11.5. The third kappa shape index (κ3) is 5.36. The van der Waals surface area contributed by atoms with E-state index in [-0.39, 0.29) is 5.91 Å². The summed E-state index contributed by atoms with van der Waals surface area (Å²) in [6.45, 7) is 2.12. The molecule has 8 heteroatoms. The smallest absolute Gasteiger partial charge is 0.220 e. The summed E-state index contributed by atoms with van der Waals surface area (Å²) in [4.78, 5) is 18.8. The van der Waals surface area contributed by atoms with E-state index >= 15 is 0 Å². The number of guanidine groups is 1. The first kappa shape index (κ1) is 19.0. The van der Waals surface area contributed by atoms with Crippen molar-refractivity contribution in [2.75, 3.05) is 33.7 Å². The number of aliphatic hydroxyl groups excluding tert-OH is 1. The molecule has 0 aromatic carbocycles. The van der Waals surface area contributed by atoms with E-state index in [4.69, 9.17) is 11.6 Å². The number of carbonyl (C=O) groups is 1. The summed E-state index contributed by atoms with van der Waals surface area (Å²) < 4.78 is 0.673. The van der Waals surface area contributed by atoms with Crippen molar-refractivity contribution in [1.29, 1.82) is 0 Å². The van der Waals surface area contributed by atoms with Gasteiger partial charge in [0.25, 0.3) is 0 Å². The third-order valence-corrected chi connectivity index (χ3v) is 5.59. The number of rotatable bonds is 5. The largest absolute Gasteiger partial charge is 0.386 e. The lowest BCUT2D eigenvalue weighted by Crippen LogP contribution is -2.46. The van der Waals surface area contributed by atoms with Crippen LogP contribution in [0.1, 0.15) is 30.2 Å². The fourth-order valence-corrected chi connectivity index (χ4v) is 3.89. The van der Waals surface area contributed by atoms with Crippen LogP contribution in [0.4, 0.5) is 0 Å². The van der Waals surface area contributed by atoms with Gasteiger partial charge in [-0.3, -0.25) is 9.79 Å². The van der Waals surface area contributed by atoms with Crippen molar-refractivity contribution in [1.82, 2.24) is 15.5 Å². The lowest BCUT2D eigenvalue weighted by molar-refractivity contribution is -0.121. The molecule has 0 saturated carbocycles. The van der Waals surface area contributed by atoms with E-state index < -0.39 is 6.10 Å². The van der Waals surface area contributed by atoms with Crippen LogP contribution < -0.4 is 10.6 Å². The zero-order chi connectivity index (χ0) is 17.5. The van der Waals surface area contributed by atoms with Gasteiger partial charge in [-0.05, 0) is 30.9 Å². The normalized spacial score (nSPS) is 17.7. The molecule has 2 rings (SSSR count). The van der Waals surface area contributed by atoms with Gasteiger partial charge in [0.15, 0.2) is 5.96 Å². The van der Waals surface area contributed by atoms with Gasteiger partial charge >= 0.3 is 0 Å². The quantitative estimate of drug-likeness (QED) is 0.544. The zero-order valence-electron chi connectivity index (χ0n) is 14.1. The van der Waals surface area contributed by atoms with Crippen molar-refractivity contribution >= 4 is 34.8 Å². The number of nitrogens with one attached hydrogen (secondary N) is 2. The van der Waals surface area contributed by atoms with E-state index in [0.29, 0.717) is 23.2 Å². The van der Waals surface area contributed by atoms with Crippen molar-refractivity contribution in [2.45, 2.75) is 25.4 Å². The van der Waals surface area contributed by atoms with E-state index in [1.165, 1.54) is 11.3 Å². The summed E-state index contributed by atoms with van der Waals surface area (Å²) in [5.41, 5.74) is 0. The average molecular weight is 373 g/mol. The molecule has 24 heavy (non-hydrogen) atoms. The van der Waals surface area contributed by atoms with Crippen molar-refractivity contribution in [3.05, 3.63) is 21.3 Å². The molecule has 1 aromatic rings. The van der Waals surface area contributed by atoms with Crippen LogP contribution in [-0.4, -0.2) is 55.6 Å². The summed E-state index contributed by atoms with van der Waals surface area (Å²) >= 11 is 7.29. The highest BCUT2D eigenvalue weighted by atomic mass is 35.5. The Balaban J connectivity index is 1.79. The maximum atomic E-state index is 11.5. The molecule has 1 aromatic heterocycles. The second-order valence-electron chi connectivity index (χ2n) is 5.89. The Morgan fingerprint density at radius 3 is 2.75 bits per heavy atom. The molecule has 1 atom stereocenters. The van der Waals surface area contributed by atoms with E-state index in [9.17, 15) is 9.90 Å². The molecule has 1 aliphatic heterocycles. The molecule has 1 aliphatic rings. The van der Waals surface area contributed by atoms with Gasteiger partial charge in [0.2, 0.25) is 5.91 Å². The molecular formula is C16H25ClN4O2S. The minimum Gasteiger partial charge on any atom is -0.386 e. The fraction of sp³-hybridized carbons (Fsp3) is 0.625. The summed E-state index contributed by atoms with van der Waals surface area (Å²) in [7, 11) is 3.42. The average Bonchev–Trinajstić information content (AvgIpc) is 3.03. The number of nitrogens with zero attached hydrogens (tertiary/aromatic N) is 2. The van der Waals surface area contributed by atoms with Gasteiger partial charge in [-0.1, -0.05) is 11.6 Å². The SMILES string of the molecule is CN=C(NCC(O)c1ccc(Cl)s1)N1CCC(CC(=O)NC)CC1. The number of hydrogen-bond acceptors (Lipinski definition) is 4. The zero-order valence-corrected chi connectivity index (χ0v) is 15.7. The van der Waals surface area contributed by atoms with Crippen LogP contribution in [0.2, 0.25) is 4.34 Å². The topological polar surface area (TPSA) is 77.0 Å². The Kier molecular flexibility index (Phi) is 7.33. The fourth-order valence-electron chi connectivity index (χ4n) is 2.84. The van der Waals surface area contributed by atoms with Crippen molar-refractivity contribution in [3.63, 3.8) is 0 Å². The molecule has 1 saturated heterocycles. The Hall–Kier alpha value is -1.31. The van der Waals surface area contributed by atoms with Gasteiger partial charge in [0.05, 0.1) is 4.34 Å². The molecule has 6 nitrogen and oxygen atoms in total. The Morgan fingerprint density at radius 2 is 2.21 bits per heavy atom. The Bertz CT molecular complexity index is 570. The molecule has 0 bridgehead atoms. The van der Waals surface area contributed by atoms with Crippen molar-refractivity contribution < 1.29 is 9.90 Å². The second kappa shape index (κ2) is 9.25. The molecular weight excluding hydrogens is 348 g/mol. The van der Waals surface area contributed by atoms with Crippen LogP contribution >= 0.6 is 22.9 Å². The molecule has 1 fully saturated rings. The Morgan fingerprint density at radius 1 is 1.50 bits per heavy atom. The second-order valence-corrected chi connectivity index (χ2v) is 7.64. The van der Waals surface area contributed by atoms with Crippen molar-refractivity contribution in [2.24, 2.45) is 10.9 Å². The molecule has 1 unspecified atom stereocenters. The molecule has 1 amide bonds. The van der Waals surface area contributed by atoms with Crippen LogP contribution in [0.15, 0.2) is 17.1 Å². The van der Waals surface area contributed by atoms with E-state index in [0.717, 1.165) is 36.8 Å². The number of carbonyl (C=O) groups excluding carboxylic acids is 1. The van der Waals surface area contributed by atoms with Crippen molar-refractivity contribution in [3.8, 4) is 0 Å². The van der Waals surface area contributed by atoms with E-state index in [1.54, 1.807) is 20.2 Å². The Labute approximate surface area is 151 Å². The lowest BCUT2D eigenvalue weighted by Gasteiger charge is -2.34. The number of halogens is 1. The summed E-state index contributed by atoms with van der Waals surface area (Å²) in [5, 5.41) is 16.1. The number of aliphatic imine (C=N–C) groups is 1. The number of likely N-dealkylation sites (tertiary alicyclic amines) is 1. The van der Waals surface area contributed by atoms with E-state index in [1.807, 2.05) is 6.07 Å². The predicted molar refractivity (Wildman–Crippen MR) is 98.6 cm³/mol. The standard InChI is InChI=1S/C16H25ClN4O2S/c1-18-15(23)9-11-5-7-21(8-6-11)16(19-2)20-10-12(22)13-3-4-14(17)24-13/h3-4,11-12,22H,5-10H2,1-2H3,(H,18,23)(H,19,20). The van der Waals surface area contributed by atoms with Gasteiger partial charge in [-0.2, -0.15) is 0 Å². The van der Waals surface area contributed by atoms with Gasteiger partial charge in [-0.25, -0.2) is 0 Å². The minimum absolute atomic E-state index is 0.105. The molecule has 3 N–H and O–H groups in total. The first-order chi connectivity index (χ1) is 11.5. The number of amides is 1. The molecule has 0 spiro atoms. The van der Waals surface area contributed by atoms with Gasteiger partial charge in [0, 0.05) is 45.0 Å². The van der Waals surface area contributed by atoms with Gasteiger partial charge in [0.1, 0.15) is 6.10 Å². The first-order valence-corrected chi connectivity index (χ1v) is 9.32. The summed E-state index contributed by atoms with van der Waals surface area (Å²) in [6, 6.07) is 3.63. The highest BCUT2D eigenvalue weighted by Gasteiger charge is 2.23. The van der Waals surface area contributed by atoms with E-state index in [2.05, 4.69) is 20.5 Å². The van der Waals surface area contributed by atoms with Crippen LogP contribution in [0.25, 0.3) is 0 Å². The lowest BCUT2D eigenvalue weighted by atomic mass is 9.93. The highest BCUT2D eigenvalue weighted by molar-refractivity contribution is 7.16. The predicted octanol–water partition coefficient (Wildman–Crippen LogP) is 1.86. The first-order valence-electron chi connectivity index (χ1n) is 8.13. The number of hydrogen-bond donors (Lipinski definition) is 3. The molecule has 0 radical (unpaired) electrons. The van der Waals surface area contributed by atoms with Gasteiger partial charge in [-0.15, -0.1) is 11.3 Å². The number of thiophene rings is 1. The molecule has 2 heterocycles. The maximum Gasteiger partial charge on any atom is 0.220 e. The molecule has 134 valence electrons. The van der Waals surface area contributed by atoms with Crippen LogP contribution in [-0.2, 0) is 4.79 Å². The molecule has 0 aliphatic carbocycles. The number of aliphatic hydroxyl groups is 1. The monoisotopic (exact) mass is 372 g/mol. The van der Waals surface area contributed by atoms with Crippen LogP contribution in [0, 0.1) is 5.92 Å².